The van der Waals surface area contributed by atoms with Crippen LogP contribution in [-0.2, 0) is 12.8 Å². The van der Waals surface area contributed by atoms with E-state index in [1.807, 2.05) is 0 Å². The van der Waals surface area contributed by atoms with Gasteiger partial charge in [-0.15, -0.1) is 0 Å². The Morgan fingerprint density at radius 2 is 2.15 bits per heavy atom. The van der Waals surface area contributed by atoms with Crippen LogP contribution in [0.2, 0.25) is 0 Å². The number of aryl methyl sites for hydroxylation is 2. The van der Waals surface area contributed by atoms with Crippen molar-refractivity contribution in [2.75, 3.05) is 19.7 Å². The zero-order valence-corrected chi connectivity index (χ0v) is 13.1. The van der Waals surface area contributed by atoms with E-state index in [1.54, 1.807) is 0 Å². The van der Waals surface area contributed by atoms with E-state index < -0.39 is 0 Å². The molecule has 0 fully saturated rings. The highest BCUT2D eigenvalue weighted by Crippen LogP contribution is 2.26. The van der Waals surface area contributed by atoms with Crippen LogP contribution < -0.4 is 10.1 Å². The summed E-state index contributed by atoms with van der Waals surface area (Å²) in [7, 11) is 0. The Bertz CT molecular complexity index is 402. The van der Waals surface area contributed by atoms with Crippen molar-refractivity contribution in [3.8, 4) is 5.75 Å². The number of fused-ring (bicyclic) bond motifs is 1. The van der Waals surface area contributed by atoms with Gasteiger partial charge in [-0.3, -0.25) is 0 Å². The first-order valence-electron chi connectivity index (χ1n) is 8.25. The fraction of sp³-hybridized carbons (Fsp3) is 0.667. The Morgan fingerprint density at radius 3 is 3.00 bits per heavy atom. The minimum atomic E-state index is 0.798. The van der Waals surface area contributed by atoms with Gasteiger partial charge in [0.1, 0.15) is 5.75 Å². The molecule has 1 heterocycles. The summed E-state index contributed by atoms with van der Waals surface area (Å²) < 4.78 is 5.67. The van der Waals surface area contributed by atoms with Crippen molar-refractivity contribution < 1.29 is 4.74 Å². The van der Waals surface area contributed by atoms with E-state index in [0.29, 0.717) is 0 Å². The molecule has 0 radical (unpaired) electrons. The van der Waals surface area contributed by atoms with E-state index in [-0.39, 0.29) is 0 Å². The van der Waals surface area contributed by atoms with Crippen LogP contribution >= 0.6 is 0 Å². The third-order valence-electron chi connectivity index (χ3n) is 4.14. The van der Waals surface area contributed by atoms with Gasteiger partial charge in [0.2, 0.25) is 0 Å². The molecule has 2 rings (SSSR count). The molecule has 0 bridgehead atoms. The topological polar surface area (TPSA) is 21.3 Å². The van der Waals surface area contributed by atoms with Gasteiger partial charge in [-0.05, 0) is 74.7 Å². The van der Waals surface area contributed by atoms with Crippen molar-refractivity contribution in [1.29, 1.82) is 0 Å². The molecule has 112 valence electrons. The maximum atomic E-state index is 5.67. The van der Waals surface area contributed by atoms with Crippen molar-refractivity contribution in [2.45, 2.75) is 52.4 Å². The maximum Gasteiger partial charge on any atom is 0.122 e. The van der Waals surface area contributed by atoms with E-state index in [1.165, 1.54) is 43.2 Å². The van der Waals surface area contributed by atoms with Crippen LogP contribution in [-0.4, -0.2) is 19.7 Å². The summed E-state index contributed by atoms with van der Waals surface area (Å²) in [4.78, 5) is 0. The summed E-state index contributed by atoms with van der Waals surface area (Å²) in [6.07, 6.45) is 7.34. The Morgan fingerprint density at radius 1 is 1.25 bits per heavy atom. The van der Waals surface area contributed by atoms with Gasteiger partial charge in [0.15, 0.2) is 0 Å². The SMILES string of the molecule is CCCNCCC(C)CCc1ccc2c(c1)CCCO2. The lowest BCUT2D eigenvalue weighted by Gasteiger charge is -2.18. The third-order valence-corrected chi connectivity index (χ3v) is 4.14. The lowest BCUT2D eigenvalue weighted by Crippen LogP contribution is -2.18. The number of nitrogens with one attached hydrogen (secondary N) is 1. The summed E-state index contributed by atoms with van der Waals surface area (Å²) in [5.41, 5.74) is 2.88. The lowest BCUT2D eigenvalue weighted by molar-refractivity contribution is 0.288. The van der Waals surface area contributed by atoms with Gasteiger partial charge >= 0.3 is 0 Å². The van der Waals surface area contributed by atoms with Crippen molar-refractivity contribution in [2.24, 2.45) is 5.92 Å². The van der Waals surface area contributed by atoms with Crippen LogP contribution in [0.25, 0.3) is 0 Å². The van der Waals surface area contributed by atoms with Crippen molar-refractivity contribution in [1.82, 2.24) is 5.32 Å². The molecule has 1 unspecified atom stereocenters. The number of ether oxygens (including phenoxy) is 1. The van der Waals surface area contributed by atoms with Gasteiger partial charge in [-0.1, -0.05) is 26.0 Å². The molecular weight excluding hydrogens is 246 g/mol. The minimum absolute atomic E-state index is 0.798. The van der Waals surface area contributed by atoms with E-state index >= 15 is 0 Å². The van der Waals surface area contributed by atoms with Crippen LogP contribution in [0.1, 0.15) is 50.7 Å². The highest BCUT2D eigenvalue weighted by atomic mass is 16.5. The van der Waals surface area contributed by atoms with Gasteiger partial charge in [0.25, 0.3) is 0 Å². The lowest BCUT2D eigenvalue weighted by atomic mass is 9.96. The average molecular weight is 275 g/mol. The molecule has 0 saturated carbocycles. The zero-order valence-electron chi connectivity index (χ0n) is 13.1. The van der Waals surface area contributed by atoms with E-state index in [2.05, 4.69) is 37.4 Å². The third kappa shape index (κ3) is 4.82. The van der Waals surface area contributed by atoms with E-state index in [9.17, 15) is 0 Å². The van der Waals surface area contributed by atoms with Gasteiger partial charge in [-0.25, -0.2) is 0 Å². The van der Waals surface area contributed by atoms with Gasteiger partial charge in [0.05, 0.1) is 6.61 Å². The Hall–Kier alpha value is -1.02. The molecule has 0 aromatic heterocycles. The maximum absolute atomic E-state index is 5.67. The molecule has 1 aliphatic heterocycles. The largest absolute Gasteiger partial charge is 0.493 e. The first-order chi connectivity index (χ1) is 9.79. The fourth-order valence-electron chi connectivity index (χ4n) is 2.78. The summed E-state index contributed by atoms with van der Waals surface area (Å²) in [6, 6.07) is 6.76. The molecule has 1 N–H and O–H groups in total. The normalized spacial score (nSPS) is 15.5. The monoisotopic (exact) mass is 275 g/mol. The number of hydrogen-bond acceptors (Lipinski definition) is 2. The highest BCUT2D eigenvalue weighted by Gasteiger charge is 2.11. The molecule has 1 aliphatic rings. The second-order valence-corrected chi connectivity index (χ2v) is 6.08. The smallest absolute Gasteiger partial charge is 0.122 e. The zero-order chi connectivity index (χ0) is 14.2. The van der Waals surface area contributed by atoms with Crippen LogP contribution in [0.4, 0.5) is 0 Å². The van der Waals surface area contributed by atoms with Crippen molar-refractivity contribution >= 4 is 0 Å². The summed E-state index contributed by atoms with van der Waals surface area (Å²) in [5.74, 6) is 1.91. The minimum Gasteiger partial charge on any atom is -0.493 e. The van der Waals surface area contributed by atoms with Crippen LogP contribution in [0.15, 0.2) is 18.2 Å². The summed E-state index contributed by atoms with van der Waals surface area (Å²) in [5, 5.41) is 3.49. The van der Waals surface area contributed by atoms with Gasteiger partial charge < -0.3 is 10.1 Å². The standard InChI is InChI=1S/C18H29NO/c1-3-11-19-12-10-15(2)6-7-16-8-9-18-17(14-16)5-4-13-20-18/h8-9,14-15,19H,3-7,10-13H2,1-2H3. The predicted octanol–water partition coefficient (Wildman–Crippen LogP) is 3.97. The first-order valence-corrected chi connectivity index (χ1v) is 8.25. The first kappa shape index (κ1) is 15.4. The van der Waals surface area contributed by atoms with Crippen LogP contribution in [0.3, 0.4) is 0 Å². The molecule has 0 saturated heterocycles. The molecule has 1 aromatic rings. The number of hydrogen-bond donors (Lipinski definition) is 1. The molecule has 2 heteroatoms. The molecule has 0 spiro atoms. The predicted molar refractivity (Wildman–Crippen MR) is 85.5 cm³/mol. The van der Waals surface area contributed by atoms with Crippen LogP contribution in [0.5, 0.6) is 5.75 Å². The number of benzene rings is 1. The molecule has 0 amide bonds. The second-order valence-electron chi connectivity index (χ2n) is 6.08. The Balaban J connectivity index is 1.73. The Kier molecular flexibility index (Phi) is 6.38. The Labute approximate surface area is 123 Å². The quantitative estimate of drug-likeness (QED) is 0.725. The summed E-state index contributed by atoms with van der Waals surface area (Å²) in [6.45, 7) is 7.78. The molecule has 1 atom stereocenters. The molecule has 1 aromatic carbocycles. The van der Waals surface area contributed by atoms with E-state index in [4.69, 9.17) is 4.74 Å². The highest BCUT2D eigenvalue weighted by molar-refractivity contribution is 5.38. The van der Waals surface area contributed by atoms with Gasteiger partial charge in [0, 0.05) is 0 Å². The van der Waals surface area contributed by atoms with Crippen molar-refractivity contribution in [3.05, 3.63) is 29.3 Å². The fourth-order valence-corrected chi connectivity index (χ4v) is 2.78. The average Bonchev–Trinajstić information content (AvgIpc) is 2.49. The van der Waals surface area contributed by atoms with Crippen LogP contribution in [0, 0.1) is 5.92 Å². The van der Waals surface area contributed by atoms with Gasteiger partial charge in [-0.2, -0.15) is 0 Å². The molecule has 20 heavy (non-hydrogen) atoms. The van der Waals surface area contributed by atoms with Crippen molar-refractivity contribution in [3.63, 3.8) is 0 Å². The number of rotatable bonds is 8. The molecule has 0 aliphatic carbocycles. The molecular formula is C18H29NO. The molecule has 2 nitrogen and oxygen atoms in total. The summed E-state index contributed by atoms with van der Waals surface area (Å²) >= 11 is 0. The van der Waals surface area contributed by atoms with E-state index in [0.717, 1.165) is 37.8 Å². The second kappa shape index (κ2) is 8.31.